The third-order valence-electron chi connectivity index (χ3n) is 2.04. The molecule has 0 saturated carbocycles. The van der Waals surface area contributed by atoms with Crippen molar-refractivity contribution in [2.75, 3.05) is 0 Å². The minimum Gasteiger partial charge on any atom is -0.761 e. The molecule has 0 unspecified atom stereocenters. The highest BCUT2D eigenvalue weighted by molar-refractivity contribution is 7.11. The summed E-state index contributed by atoms with van der Waals surface area (Å²) in [5.41, 5.74) is 1.06. The number of benzene rings is 1. The zero-order chi connectivity index (χ0) is 12.3. The second kappa shape index (κ2) is 4.78. The Labute approximate surface area is 99.9 Å². The van der Waals surface area contributed by atoms with Crippen molar-refractivity contribution in [1.29, 1.82) is 0 Å². The van der Waals surface area contributed by atoms with Crippen molar-refractivity contribution in [1.82, 2.24) is 4.98 Å². The number of hydrogen-bond donors (Lipinski definition) is 0. The summed E-state index contributed by atoms with van der Waals surface area (Å²) in [6, 6.07) is 5.80. The Morgan fingerprint density at radius 2 is 2.12 bits per heavy atom. The van der Waals surface area contributed by atoms with Crippen LogP contribution >= 0.6 is 11.3 Å². The molecule has 1 aromatic carbocycles. The SMILES string of the molecule is [N-]=C=C(N=O)c1nc(-c2ccc(F)cc2)cs1. The van der Waals surface area contributed by atoms with Gasteiger partial charge < -0.3 is 5.41 Å². The fourth-order valence-corrected chi connectivity index (χ4v) is 2.00. The van der Waals surface area contributed by atoms with Gasteiger partial charge in [-0.1, -0.05) is 0 Å². The highest BCUT2D eigenvalue weighted by atomic mass is 32.1. The largest absolute Gasteiger partial charge is 0.761 e. The van der Waals surface area contributed by atoms with Gasteiger partial charge in [0.1, 0.15) is 5.82 Å². The Hall–Kier alpha value is -2.17. The van der Waals surface area contributed by atoms with E-state index >= 15 is 0 Å². The quantitative estimate of drug-likeness (QED) is 0.616. The van der Waals surface area contributed by atoms with E-state index in [-0.39, 0.29) is 16.5 Å². The molecule has 2 aromatic rings. The van der Waals surface area contributed by atoms with Gasteiger partial charge in [-0.05, 0) is 29.4 Å². The average molecular weight is 246 g/mol. The molecule has 1 aromatic heterocycles. The molecular weight excluding hydrogens is 241 g/mol. The molecule has 2 rings (SSSR count). The molecule has 6 heteroatoms. The molecular formula is C11H5FN3OS-. The van der Waals surface area contributed by atoms with Crippen LogP contribution < -0.4 is 0 Å². The third kappa shape index (κ3) is 2.33. The highest BCUT2D eigenvalue weighted by Crippen LogP contribution is 2.25. The molecule has 0 spiro atoms. The molecule has 1 heterocycles. The van der Waals surface area contributed by atoms with Crippen LogP contribution in [0, 0.1) is 10.7 Å². The molecule has 0 aliphatic rings. The molecule has 0 fully saturated rings. The van der Waals surface area contributed by atoms with Crippen molar-refractivity contribution in [3.8, 4) is 11.3 Å². The van der Waals surface area contributed by atoms with Crippen LogP contribution in [-0.2, 0) is 0 Å². The van der Waals surface area contributed by atoms with Crippen LogP contribution in [-0.4, -0.2) is 10.9 Å². The maximum absolute atomic E-state index is 12.7. The normalized spacial score (nSPS) is 9.71. The molecule has 17 heavy (non-hydrogen) atoms. The summed E-state index contributed by atoms with van der Waals surface area (Å²) in [5.74, 6) is 1.34. The van der Waals surface area contributed by atoms with Crippen molar-refractivity contribution in [2.45, 2.75) is 0 Å². The molecule has 0 radical (unpaired) electrons. The lowest BCUT2D eigenvalue weighted by Crippen LogP contribution is -1.82. The second-order valence-electron chi connectivity index (χ2n) is 3.10. The first-order valence-corrected chi connectivity index (χ1v) is 5.45. The van der Waals surface area contributed by atoms with Gasteiger partial charge in [0.2, 0.25) is 0 Å². The summed E-state index contributed by atoms with van der Waals surface area (Å²) in [5, 5.41) is 13.2. The molecule has 0 bridgehead atoms. The smallest absolute Gasteiger partial charge is 0.162 e. The molecule has 0 aliphatic carbocycles. The molecule has 0 N–H and O–H groups in total. The van der Waals surface area contributed by atoms with Crippen LogP contribution in [0.25, 0.3) is 22.4 Å². The number of thiazole rings is 1. The van der Waals surface area contributed by atoms with Crippen molar-refractivity contribution < 1.29 is 4.39 Å². The summed E-state index contributed by atoms with van der Waals surface area (Å²) in [7, 11) is 0. The van der Waals surface area contributed by atoms with E-state index in [4.69, 9.17) is 5.41 Å². The number of nitrogens with zero attached hydrogens (tertiary/aromatic N) is 3. The van der Waals surface area contributed by atoms with Gasteiger partial charge in [-0.3, -0.25) is 0 Å². The van der Waals surface area contributed by atoms with Crippen molar-refractivity contribution in [3.63, 3.8) is 0 Å². The van der Waals surface area contributed by atoms with Gasteiger partial charge in [-0.25, -0.2) is 15.2 Å². The van der Waals surface area contributed by atoms with Crippen LogP contribution in [0.1, 0.15) is 5.01 Å². The van der Waals surface area contributed by atoms with Gasteiger partial charge in [0.15, 0.2) is 10.7 Å². The third-order valence-corrected chi connectivity index (χ3v) is 2.89. The van der Waals surface area contributed by atoms with E-state index in [1.165, 1.54) is 12.1 Å². The van der Waals surface area contributed by atoms with E-state index in [0.29, 0.717) is 5.69 Å². The number of nitroso groups, excluding NO2 is 1. The summed E-state index contributed by atoms with van der Waals surface area (Å²) in [6.45, 7) is 0. The van der Waals surface area contributed by atoms with Gasteiger partial charge in [0.05, 0.1) is 5.69 Å². The predicted molar refractivity (Wildman–Crippen MR) is 65.1 cm³/mol. The van der Waals surface area contributed by atoms with Crippen molar-refractivity contribution in [3.05, 3.63) is 50.8 Å². The first-order chi connectivity index (χ1) is 8.24. The van der Waals surface area contributed by atoms with E-state index in [1.54, 1.807) is 23.4 Å². The fourth-order valence-electron chi connectivity index (χ4n) is 1.24. The molecule has 0 atom stereocenters. The van der Waals surface area contributed by atoms with Gasteiger partial charge in [-0.2, -0.15) is 0 Å². The monoisotopic (exact) mass is 246 g/mol. The molecule has 4 nitrogen and oxygen atoms in total. The van der Waals surface area contributed by atoms with Crippen LogP contribution in [0.2, 0.25) is 0 Å². The lowest BCUT2D eigenvalue weighted by Gasteiger charge is -1.95. The summed E-state index contributed by atoms with van der Waals surface area (Å²) >= 11 is 1.15. The number of rotatable bonds is 3. The van der Waals surface area contributed by atoms with Crippen molar-refractivity contribution >= 4 is 22.9 Å². The fraction of sp³-hybridized carbons (Fsp3) is 0. The standard InChI is InChI=1S/C11H5FN3OS/c12-8-3-1-7(2-4-8)10-6-17-11(14-10)9(5-13)15-16/h1-4,6H/q-1. The first kappa shape index (κ1) is 11.3. The zero-order valence-corrected chi connectivity index (χ0v) is 9.24. The van der Waals surface area contributed by atoms with Crippen LogP contribution in [0.3, 0.4) is 0 Å². The molecule has 0 saturated heterocycles. The summed E-state index contributed by atoms with van der Waals surface area (Å²) in [6.07, 6.45) is 0. The van der Waals surface area contributed by atoms with Gasteiger partial charge in [-0.15, -0.1) is 16.2 Å². The Balaban J connectivity index is 2.39. The van der Waals surface area contributed by atoms with E-state index in [1.807, 2.05) is 0 Å². The molecule has 84 valence electrons. The van der Waals surface area contributed by atoms with Crippen LogP contribution in [0.5, 0.6) is 0 Å². The molecule has 0 amide bonds. The van der Waals surface area contributed by atoms with Crippen LogP contribution in [0.15, 0.2) is 34.8 Å². The summed E-state index contributed by atoms with van der Waals surface area (Å²) in [4.78, 5) is 14.4. The number of halogens is 1. The zero-order valence-electron chi connectivity index (χ0n) is 8.42. The second-order valence-corrected chi connectivity index (χ2v) is 3.95. The molecule has 0 aliphatic heterocycles. The summed E-state index contributed by atoms with van der Waals surface area (Å²) < 4.78 is 12.7. The number of hydrogen-bond acceptors (Lipinski definition) is 4. The minimum atomic E-state index is -0.331. The number of aromatic nitrogens is 1. The minimum absolute atomic E-state index is 0.247. The van der Waals surface area contributed by atoms with E-state index in [9.17, 15) is 9.30 Å². The lowest BCUT2D eigenvalue weighted by molar-refractivity contribution is 0.628. The Morgan fingerprint density at radius 1 is 1.41 bits per heavy atom. The van der Waals surface area contributed by atoms with Crippen molar-refractivity contribution in [2.24, 2.45) is 5.18 Å². The van der Waals surface area contributed by atoms with E-state index in [2.05, 4.69) is 10.2 Å². The van der Waals surface area contributed by atoms with Gasteiger partial charge >= 0.3 is 0 Å². The Bertz CT molecular complexity index is 599. The lowest BCUT2D eigenvalue weighted by atomic mass is 10.2. The van der Waals surface area contributed by atoms with E-state index in [0.717, 1.165) is 16.9 Å². The van der Waals surface area contributed by atoms with E-state index < -0.39 is 0 Å². The average Bonchev–Trinajstić information content (AvgIpc) is 2.81. The Morgan fingerprint density at radius 3 is 2.71 bits per heavy atom. The predicted octanol–water partition coefficient (Wildman–Crippen LogP) is 3.30. The first-order valence-electron chi connectivity index (χ1n) is 4.57. The van der Waals surface area contributed by atoms with Gasteiger partial charge in [0.25, 0.3) is 0 Å². The maximum Gasteiger partial charge on any atom is 0.162 e. The Kier molecular flexibility index (Phi) is 3.18. The van der Waals surface area contributed by atoms with Crippen LogP contribution in [0.4, 0.5) is 4.39 Å². The van der Waals surface area contributed by atoms with Gasteiger partial charge in [0, 0.05) is 10.9 Å². The maximum atomic E-state index is 12.7. The highest BCUT2D eigenvalue weighted by Gasteiger charge is 2.08. The topological polar surface area (TPSA) is 64.6 Å².